The number of hydrogen-bond acceptors (Lipinski definition) is 6. The Morgan fingerprint density at radius 3 is 1.00 bits per heavy atom. The standard InChI is InChI=1S/C40H76O7/c1-3-5-7-9-11-13-15-17-19-20-22-24-26-28-30-32-34-47-39(44)40(45,35-37(41)42)36-38(43)46-33-31-29-27-25-23-21-18-16-14-12-10-8-6-4-2/h45H,3-36H2,1-2H3,(H,41,42). The third kappa shape index (κ3) is 31.4. The number of esters is 2. The summed E-state index contributed by atoms with van der Waals surface area (Å²) in [6, 6.07) is 0. The Morgan fingerprint density at radius 1 is 0.426 bits per heavy atom. The fourth-order valence-corrected chi connectivity index (χ4v) is 6.18. The number of carboxylic acid groups (broad SMARTS) is 1. The first-order chi connectivity index (χ1) is 22.9. The van der Waals surface area contributed by atoms with Crippen molar-refractivity contribution in [3.8, 4) is 0 Å². The molecule has 0 fully saturated rings. The molecule has 0 aromatic carbocycles. The Morgan fingerprint density at radius 2 is 0.702 bits per heavy atom. The summed E-state index contributed by atoms with van der Waals surface area (Å²) in [6.45, 7) is 4.82. The molecule has 0 bridgehead atoms. The molecule has 0 aromatic heterocycles. The van der Waals surface area contributed by atoms with Gasteiger partial charge in [-0.05, 0) is 12.8 Å². The fourth-order valence-electron chi connectivity index (χ4n) is 6.18. The predicted octanol–water partition coefficient (Wildman–Crippen LogP) is 11.4. The summed E-state index contributed by atoms with van der Waals surface area (Å²) in [4.78, 5) is 36.2. The molecule has 0 aliphatic heterocycles. The molecule has 0 aromatic rings. The lowest BCUT2D eigenvalue weighted by Gasteiger charge is -2.23. The van der Waals surface area contributed by atoms with Gasteiger partial charge in [0.25, 0.3) is 0 Å². The molecule has 7 heteroatoms. The molecule has 0 saturated carbocycles. The Labute approximate surface area is 289 Å². The van der Waals surface area contributed by atoms with Crippen LogP contribution < -0.4 is 0 Å². The van der Waals surface area contributed by atoms with Gasteiger partial charge in [-0.2, -0.15) is 0 Å². The summed E-state index contributed by atoms with van der Waals surface area (Å²) in [6.07, 6.45) is 35.5. The number of unbranched alkanes of at least 4 members (excludes halogenated alkanes) is 28. The molecule has 0 saturated heterocycles. The van der Waals surface area contributed by atoms with Gasteiger partial charge < -0.3 is 19.7 Å². The van der Waals surface area contributed by atoms with Crippen molar-refractivity contribution in [1.29, 1.82) is 0 Å². The third-order valence-corrected chi connectivity index (χ3v) is 9.25. The van der Waals surface area contributed by atoms with Crippen LogP contribution in [0.15, 0.2) is 0 Å². The van der Waals surface area contributed by atoms with Crippen molar-refractivity contribution in [1.82, 2.24) is 0 Å². The SMILES string of the molecule is CCCCCCCCCCCCCCCCCCOC(=O)C(O)(CC(=O)O)CC(=O)OCCCCCCCCCCCCCCCC. The molecule has 1 atom stereocenters. The topological polar surface area (TPSA) is 110 Å². The second-order valence-corrected chi connectivity index (χ2v) is 14.0. The molecule has 1 unspecified atom stereocenters. The molecular formula is C40H76O7. The summed E-state index contributed by atoms with van der Waals surface area (Å²) in [5.41, 5.74) is -2.41. The maximum Gasteiger partial charge on any atom is 0.339 e. The Hall–Kier alpha value is -1.63. The van der Waals surface area contributed by atoms with Crippen molar-refractivity contribution in [3.05, 3.63) is 0 Å². The minimum absolute atomic E-state index is 0.104. The van der Waals surface area contributed by atoms with Crippen LogP contribution in [-0.4, -0.2) is 46.9 Å². The number of hydrogen-bond donors (Lipinski definition) is 2. The van der Waals surface area contributed by atoms with Gasteiger partial charge in [0.1, 0.15) is 0 Å². The lowest BCUT2D eigenvalue weighted by Crippen LogP contribution is -2.44. The van der Waals surface area contributed by atoms with Crippen LogP contribution >= 0.6 is 0 Å². The first kappa shape index (κ1) is 45.4. The van der Waals surface area contributed by atoms with E-state index in [2.05, 4.69) is 13.8 Å². The monoisotopic (exact) mass is 669 g/mol. The molecule has 0 rings (SSSR count). The fraction of sp³-hybridized carbons (Fsp3) is 0.925. The van der Waals surface area contributed by atoms with Gasteiger partial charge in [-0.3, -0.25) is 9.59 Å². The molecule has 0 radical (unpaired) electrons. The maximum absolute atomic E-state index is 12.6. The van der Waals surface area contributed by atoms with Gasteiger partial charge >= 0.3 is 17.9 Å². The second kappa shape index (κ2) is 34.2. The second-order valence-electron chi connectivity index (χ2n) is 14.0. The summed E-state index contributed by atoms with van der Waals surface area (Å²) in [7, 11) is 0. The highest BCUT2D eigenvalue weighted by atomic mass is 16.6. The van der Waals surface area contributed by atoms with Crippen molar-refractivity contribution >= 4 is 17.9 Å². The number of aliphatic carboxylic acids is 1. The summed E-state index contributed by atoms with van der Waals surface area (Å²) in [5.74, 6) is -3.20. The van der Waals surface area contributed by atoms with E-state index < -0.39 is 36.4 Å². The predicted molar refractivity (Wildman–Crippen MR) is 194 cm³/mol. The van der Waals surface area contributed by atoms with Crippen LogP contribution in [0.2, 0.25) is 0 Å². The number of rotatable bonds is 37. The van der Waals surface area contributed by atoms with Crippen molar-refractivity contribution in [2.45, 2.75) is 225 Å². The van der Waals surface area contributed by atoms with Gasteiger partial charge in [0.15, 0.2) is 5.60 Å². The van der Waals surface area contributed by atoms with Crippen molar-refractivity contribution in [2.24, 2.45) is 0 Å². The Kier molecular flexibility index (Phi) is 33.1. The molecule has 0 aliphatic rings. The minimum Gasteiger partial charge on any atom is -0.481 e. The Bertz CT molecular complexity index is 725. The van der Waals surface area contributed by atoms with Crippen LogP contribution in [0, 0.1) is 0 Å². The van der Waals surface area contributed by atoms with Crippen LogP contribution in [0.4, 0.5) is 0 Å². The van der Waals surface area contributed by atoms with Gasteiger partial charge in [-0.25, -0.2) is 4.79 Å². The number of carboxylic acids is 1. The van der Waals surface area contributed by atoms with Gasteiger partial charge in [0.05, 0.1) is 26.1 Å². The highest BCUT2D eigenvalue weighted by Gasteiger charge is 2.42. The molecule has 7 nitrogen and oxygen atoms in total. The largest absolute Gasteiger partial charge is 0.481 e. The van der Waals surface area contributed by atoms with Gasteiger partial charge in [-0.15, -0.1) is 0 Å². The van der Waals surface area contributed by atoms with Gasteiger partial charge in [0, 0.05) is 0 Å². The normalized spacial score (nSPS) is 12.6. The van der Waals surface area contributed by atoms with Gasteiger partial charge in [-0.1, -0.05) is 194 Å². The quantitative estimate of drug-likeness (QED) is 0.0500. The molecule has 0 spiro atoms. The summed E-state index contributed by atoms with van der Waals surface area (Å²) in [5, 5.41) is 20.0. The number of carbonyl (C=O) groups is 3. The summed E-state index contributed by atoms with van der Waals surface area (Å²) >= 11 is 0. The smallest absolute Gasteiger partial charge is 0.339 e. The summed E-state index contributed by atoms with van der Waals surface area (Å²) < 4.78 is 10.4. The zero-order valence-electron chi connectivity index (χ0n) is 31.0. The van der Waals surface area contributed by atoms with E-state index in [0.717, 1.165) is 32.1 Å². The molecule has 2 N–H and O–H groups in total. The van der Waals surface area contributed by atoms with Crippen molar-refractivity contribution < 1.29 is 34.1 Å². The number of ether oxygens (including phenoxy) is 2. The van der Waals surface area contributed by atoms with E-state index >= 15 is 0 Å². The first-order valence-electron chi connectivity index (χ1n) is 20.1. The van der Waals surface area contributed by atoms with E-state index in [0.29, 0.717) is 12.8 Å². The van der Waals surface area contributed by atoms with E-state index in [9.17, 15) is 24.6 Å². The van der Waals surface area contributed by atoms with E-state index in [1.165, 1.54) is 148 Å². The van der Waals surface area contributed by atoms with Crippen LogP contribution in [0.1, 0.15) is 219 Å². The molecular weight excluding hydrogens is 592 g/mol. The zero-order chi connectivity index (χ0) is 34.7. The van der Waals surface area contributed by atoms with Crippen molar-refractivity contribution in [2.75, 3.05) is 13.2 Å². The average molecular weight is 669 g/mol. The van der Waals surface area contributed by atoms with Crippen LogP contribution in [0.25, 0.3) is 0 Å². The molecule has 0 heterocycles. The number of aliphatic hydroxyl groups is 1. The molecule has 0 aliphatic carbocycles. The minimum atomic E-state index is -2.41. The zero-order valence-corrected chi connectivity index (χ0v) is 31.0. The highest BCUT2D eigenvalue weighted by Crippen LogP contribution is 2.20. The van der Waals surface area contributed by atoms with E-state index in [4.69, 9.17) is 9.47 Å². The van der Waals surface area contributed by atoms with Gasteiger partial charge in [0.2, 0.25) is 0 Å². The van der Waals surface area contributed by atoms with E-state index in [-0.39, 0.29) is 13.2 Å². The third-order valence-electron chi connectivity index (χ3n) is 9.25. The van der Waals surface area contributed by atoms with E-state index in [1.807, 2.05) is 0 Å². The lowest BCUT2D eigenvalue weighted by molar-refractivity contribution is -0.176. The highest BCUT2D eigenvalue weighted by molar-refractivity contribution is 5.89. The van der Waals surface area contributed by atoms with Crippen LogP contribution in [0.5, 0.6) is 0 Å². The average Bonchev–Trinajstić information content (AvgIpc) is 3.03. The van der Waals surface area contributed by atoms with Crippen LogP contribution in [-0.2, 0) is 23.9 Å². The van der Waals surface area contributed by atoms with Crippen LogP contribution in [0.3, 0.4) is 0 Å². The lowest BCUT2D eigenvalue weighted by atomic mass is 9.95. The maximum atomic E-state index is 12.6. The number of carbonyl (C=O) groups excluding carboxylic acids is 2. The Balaban J connectivity index is 3.85. The molecule has 0 amide bonds. The molecule has 278 valence electrons. The van der Waals surface area contributed by atoms with Crippen molar-refractivity contribution in [3.63, 3.8) is 0 Å². The van der Waals surface area contributed by atoms with E-state index in [1.54, 1.807) is 0 Å². The first-order valence-corrected chi connectivity index (χ1v) is 20.1. The molecule has 47 heavy (non-hydrogen) atoms.